The Kier molecular flexibility index (Phi) is 6.28. The van der Waals surface area contributed by atoms with E-state index in [0.717, 1.165) is 30.1 Å². The lowest BCUT2D eigenvalue weighted by Gasteiger charge is -2.36. The second kappa shape index (κ2) is 8.00. The van der Waals surface area contributed by atoms with Gasteiger partial charge < -0.3 is 10.1 Å². The third-order valence-corrected chi connectivity index (χ3v) is 5.81. The molecule has 3 nitrogen and oxygen atoms in total. The molecular weight excluding hydrogens is 408 g/mol. The van der Waals surface area contributed by atoms with Gasteiger partial charge >= 0.3 is 0 Å². The van der Waals surface area contributed by atoms with Crippen molar-refractivity contribution in [2.75, 3.05) is 11.0 Å². The van der Waals surface area contributed by atoms with Crippen LogP contribution in [0.1, 0.15) is 48.0 Å². The molecule has 0 unspecified atom stereocenters. The normalized spacial score (nSPS) is 16.4. The number of amides is 1. The van der Waals surface area contributed by atoms with Crippen molar-refractivity contribution in [3.63, 3.8) is 0 Å². The number of hydrogen-bond donors (Lipinski definition) is 1. The zero-order valence-corrected chi connectivity index (χ0v) is 15.4. The Morgan fingerprint density at radius 1 is 1.43 bits per heavy atom. The first kappa shape index (κ1) is 18.1. The molecule has 5 heteroatoms. The summed E-state index contributed by atoms with van der Waals surface area (Å²) in [5.74, 6) is 1.63. The first-order valence-corrected chi connectivity index (χ1v) is 9.29. The molecule has 23 heavy (non-hydrogen) atoms. The molecule has 0 aliphatic heterocycles. The number of rotatable bonds is 5. The molecule has 1 aromatic rings. The molecule has 0 heterocycles. The number of ether oxygens (including phenoxy) is 1. The van der Waals surface area contributed by atoms with Crippen LogP contribution in [0.25, 0.3) is 0 Å². The van der Waals surface area contributed by atoms with E-state index in [1.54, 1.807) is 13.0 Å². The smallest absolute Gasteiger partial charge is 0.252 e. The van der Waals surface area contributed by atoms with Gasteiger partial charge in [-0.3, -0.25) is 4.79 Å². The van der Waals surface area contributed by atoms with E-state index in [1.807, 2.05) is 0 Å². The van der Waals surface area contributed by atoms with Crippen LogP contribution in [-0.4, -0.2) is 22.5 Å². The quantitative estimate of drug-likeness (QED) is 0.437. The van der Waals surface area contributed by atoms with E-state index in [4.69, 9.17) is 11.2 Å². The minimum Gasteiger partial charge on any atom is -0.478 e. The lowest BCUT2D eigenvalue weighted by Crippen LogP contribution is -2.51. The highest BCUT2D eigenvalue weighted by molar-refractivity contribution is 14.1. The summed E-state index contributed by atoms with van der Waals surface area (Å²) in [6.45, 7) is 1.59. The average molecular weight is 429 g/mol. The van der Waals surface area contributed by atoms with Gasteiger partial charge in [0.05, 0.1) is 0 Å². The summed E-state index contributed by atoms with van der Waals surface area (Å²) in [5.41, 5.74) is 0.471. The summed E-state index contributed by atoms with van der Waals surface area (Å²) in [6.07, 6.45) is 10.5. The van der Waals surface area contributed by atoms with Crippen LogP contribution < -0.4 is 10.1 Å². The van der Waals surface area contributed by atoms with Crippen molar-refractivity contribution in [2.24, 2.45) is 0 Å². The molecular formula is C18H21FINO2. The third kappa shape index (κ3) is 4.17. The van der Waals surface area contributed by atoms with Crippen LogP contribution in [0.5, 0.6) is 5.75 Å². The fourth-order valence-electron chi connectivity index (χ4n) is 2.97. The van der Waals surface area contributed by atoms with Gasteiger partial charge in [-0.25, -0.2) is 4.39 Å². The molecule has 1 fully saturated rings. The van der Waals surface area contributed by atoms with Crippen molar-refractivity contribution < 1.29 is 13.9 Å². The monoisotopic (exact) mass is 429 g/mol. The van der Waals surface area contributed by atoms with Gasteiger partial charge in [0.2, 0.25) is 0 Å². The van der Waals surface area contributed by atoms with Gasteiger partial charge in [-0.2, -0.15) is 0 Å². The molecule has 2 rings (SSSR count). The van der Waals surface area contributed by atoms with Crippen LogP contribution in [0.4, 0.5) is 4.39 Å². The van der Waals surface area contributed by atoms with Crippen molar-refractivity contribution in [1.29, 1.82) is 0 Å². The highest BCUT2D eigenvalue weighted by Gasteiger charge is 2.33. The Hall–Kier alpha value is -1.29. The first-order valence-electron chi connectivity index (χ1n) is 7.77. The van der Waals surface area contributed by atoms with Crippen molar-refractivity contribution in [3.05, 3.63) is 29.1 Å². The molecule has 1 amide bonds. The molecule has 0 bridgehead atoms. The summed E-state index contributed by atoms with van der Waals surface area (Å²) in [5, 5.41) is 3.14. The summed E-state index contributed by atoms with van der Waals surface area (Å²) in [7, 11) is 0. The number of terminal acetylenes is 1. The Bertz CT molecular complexity index is 618. The fraction of sp³-hybridized carbons (Fsp3) is 0.500. The zero-order valence-electron chi connectivity index (χ0n) is 13.3. The molecule has 1 aromatic carbocycles. The third-order valence-electron chi connectivity index (χ3n) is 4.35. The fourth-order valence-corrected chi connectivity index (χ4v) is 3.92. The second-order valence-electron chi connectivity index (χ2n) is 5.97. The summed E-state index contributed by atoms with van der Waals surface area (Å²) >= 11 is 2.32. The summed E-state index contributed by atoms with van der Waals surface area (Å²) in [6, 6.07) is 3.06. The van der Waals surface area contributed by atoms with E-state index in [9.17, 15) is 9.18 Å². The molecule has 1 N–H and O–H groups in total. The van der Waals surface area contributed by atoms with Crippen LogP contribution in [-0.2, 0) is 0 Å². The van der Waals surface area contributed by atoms with Gasteiger partial charge in [-0.05, 0) is 31.9 Å². The molecule has 124 valence electrons. The highest BCUT2D eigenvalue weighted by atomic mass is 127. The highest BCUT2D eigenvalue weighted by Crippen LogP contribution is 2.31. The van der Waals surface area contributed by atoms with E-state index in [2.05, 4.69) is 33.8 Å². The van der Waals surface area contributed by atoms with E-state index in [1.165, 1.54) is 12.5 Å². The van der Waals surface area contributed by atoms with Gasteiger partial charge in [0.25, 0.3) is 5.91 Å². The predicted molar refractivity (Wildman–Crippen MR) is 97.6 cm³/mol. The molecule has 0 radical (unpaired) electrons. The SMILES string of the molecule is C#CCOc1ccc(C(=O)NC2(CI)CCCCC2)c(C)c1F. The molecule has 0 aromatic heterocycles. The maximum absolute atomic E-state index is 14.3. The maximum atomic E-state index is 14.3. The van der Waals surface area contributed by atoms with E-state index in [0.29, 0.717) is 5.56 Å². The molecule has 0 atom stereocenters. The number of nitrogens with one attached hydrogen (secondary N) is 1. The van der Waals surface area contributed by atoms with Crippen molar-refractivity contribution >= 4 is 28.5 Å². The Labute approximate surface area is 150 Å². The molecule has 0 spiro atoms. The minimum absolute atomic E-state index is 0.000150. The van der Waals surface area contributed by atoms with Gasteiger partial charge in [0.1, 0.15) is 6.61 Å². The largest absolute Gasteiger partial charge is 0.478 e. The van der Waals surface area contributed by atoms with E-state index < -0.39 is 5.82 Å². The van der Waals surface area contributed by atoms with Gasteiger partial charge in [-0.15, -0.1) is 6.42 Å². The van der Waals surface area contributed by atoms with Crippen LogP contribution in [0.15, 0.2) is 12.1 Å². The second-order valence-corrected chi connectivity index (χ2v) is 6.73. The number of carbonyl (C=O) groups excluding carboxylic acids is 1. The standard InChI is InChI=1S/C18H21FINO2/c1-3-11-23-15-8-7-14(13(2)16(15)19)17(22)21-18(12-20)9-5-4-6-10-18/h1,7-8H,4-6,9-12H2,2H3,(H,21,22). The number of hydrogen-bond acceptors (Lipinski definition) is 2. The summed E-state index contributed by atoms with van der Waals surface area (Å²) in [4.78, 5) is 12.6. The topological polar surface area (TPSA) is 38.3 Å². The maximum Gasteiger partial charge on any atom is 0.252 e. The predicted octanol–water partition coefficient (Wildman–Crippen LogP) is 4.01. The molecule has 1 aliphatic rings. The Balaban J connectivity index is 2.19. The van der Waals surface area contributed by atoms with Gasteiger partial charge in [0.15, 0.2) is 11.6 Å². The van der Waals surface area contributed by atoms with Crippen LogP contribution in [0, 0.1) is 25.1 Å². The molecule has 0 saturated heterocycles. The van der Waals surface area contributed by atoms with Crippen molar-refractivity contribution in [3.8, 4) is 18.1 Å². The van der Waals surface area contributed by atoms with Crippen molar-refractivity contribution in [1.82, 2.24) is 5.32 Å². The zero-order chi connectivity index (χ0) is 16.9. The van der Waals surface area contributed by atoms with E-state index >= 15 is 0 Å². The van der Waals surface area contributed by atoms with Gasteiger partial charge in [-0.1, -0.05) is 47.8 Å². The van der Waals surface area contributed by atoms with Crippen molar-refractivity contribution in [2.45, 2.75) is 44.6 Å². The number of carbonyl (C=O) groups is 1. The Morgan fingerprint density at radius 2 is 2.13 bits per heavy atom. The van der Waals surface area contributed by atoms with Crippen LogP contribution in [0.3, 0.4) is 0 Å². The lowest BCUT2D eigenvalue weighted by atomic mass is 9.83. The van der Waals surface area contributed by atoms with Gasteiger partial charge in [0, 0.05) is 21.1 Å². The van der Waals surface area contributed by atoms with E-state index in [-0.39, 0.29) is 29.4 Å². The number of benzene rings is 1. The number of alkyl halides is 1. The first-order chi connectivity index (χ1) is 11.0. The average Bonchev–Trinajstić information content (AvgIpc) is 2.57. The molecule has 1 saturated carbocycles. The van der Waals surface area contributed by atoms with Crippen LogP contribution >= 0.6 is 22.6 Å². The minimum atomic E-state index is -0.528. The Morgan fingerprint density at radius 3 is 2.74 bits per heavy atom. The van der Waals surface area contributed by atoms with Crippen LogP contribution in [0.2, 0.25) is 0 Å². The lowest BCUT2D eigenvalue weighted by molar-refractivity contribution is 0.0886. The summed E-state index contributed by atoms with van der Waals surface area (Å²) < 4.78 is 20.3. The number of halogens is 2. The molecule has 1 aliphatic carbocycles.